The second kappa shape index (κ2) is 5.17. The highest BCUT2D eigenvalue weighted by Crippen LogP contribution is 2.29. The van der Waals surface area contributed by atoms with Crippen LogP contribution in [0.4, 0.5) is 0 Å². The first-order valence-electron chi connectivity index (χ1n) is 6.64. The Hall–Kier alpha value is -1.61. The maximum absolute atomic E-state index is 10.5. The molecule has 0 bridgehead atoms. The number of hydrogen-bond acceptors (Lipinski definition) is 2. The molecule has 0 radical (unpaired) electrons. The van der Waals surface area contributed by atoms with E-state index < -0.39 is 6.10 Å². The van der Waals surface area contributed by atoms with E-state index in [2.05, 4.69) is 25.9 Å². The summed E-state index contributed by atoms with van der Waals surface area (Å²) >= 11 is 0. The molecule has 0 spiro atoms. The zero-order valence-corrected chi connectivity index (χ0v) is 12.1. The molecule has 2 rings (SSSR count). The van der Waals surface area contributed by atoms with Crippen LogP contribution in [0.1, 0.15) is 43.7 Å². The van der Waals surface area contributed by atoms with Gasteiger partial charge in [-0.1, -0.05) is 51.1 Å². The quantitative estimate of drug-likeness (QED) is 0.919. The molecule has 0 fully saturated rings. The third-order valence-electron chi connectivity index (χ3n) is 3.20. The van der Waals surface area contributed by atoms with Gasteiger partial charge in [-0.3, -0.25) is 4.68 Å². The standard InChI is InChI=1S/C16H22N2O/c1-16(2,3)15-13(11-18(4)17-15)14(19)10-12-8-6-5-7-9-12/h5-9,11,14,19H,10H2,1-4H3. The van der Waals surface area contributed by atoms with Crippen LogP contribution in [0.2, 0.25) is 0 Å². The van der Waals surface area contributed by atoms with Gasteiger partial charge in [-0.05, 0) is 5.56 Å². The van der Waals surface area contributed by atoms with E-state index in [0.717, 1.165) is 16.8 Å². The molecule has 1 atom stereocenters. The van der Waals surface area contributed by atoms with E-state index in [1.807, 2.05) is 43.6 Å². The largest absolute Gasteiger partial charge is 0.388 e. The van der Waals surface area contributed by atoms with Crippen LogP contribution in [-0.2, 0) is 18.9 Å². The van der Waals surface area contributed by atoms with Crippen molar-refractivity contribution in [1.29, 1.82) is 0 Å². The number of aryl methyl sites for hydroxylation is 1. The van der Waals surface area contributed by atoms with Gasteiger partial charge in [0.05, 0.1) is 11.8 Å². The minimum atomic E-state index is -0.509. The van der Waals surface area contributed by atoms with E-state index in [-0.39, 0.29) is 5.41 Å². The van der Waals surface area contributed by atoms with Crippen molar-refractivity contribution in [2.75, 3.05) is 0 Å². The summed E-state index contributed by atoms with van der Waals surface area (Å²) in [5.74, 6) is 0. The van der Waals surface area contributed by atoms with Crippen molar-refractivity contribution in [2.24, 2.45) is 7.05 Å². The molecule has 3 heteroatoms. The lowest BCUT2D eigenvalue weighted by Gasteiger charge is -2.20. The second-order valence-electron chi connectivity index (χ2n) is 6.06. The van der Waals surface area contributed by atoms with Gasteiger partial charge in [-0.25, -0.2) is 0 Å². The van der Waals surface area contributed by atoms with Gasteiger partial charge in [0.2, 0.25) is 0 Å². The predicted molar refractivity (Wildman–Crippen MR) is 77.0 cm³/mol. The van der Waals surface area contributed by atoms with Crippen LogP contribution in [0.3, 0.4) is 0 Å². The van der Waals surface area contributed by atoms with E-state index >= 15 is 0 Å². The van der Waals surface area contributed by atoms with Crippen molar-refractivity contribution < 1.29 is 5.11 Å². The molecular weight excluding hydrogens is 236 g/mol. The number of rotatable bonds is 3. The average molecular weight is 258 g/mol. The van der Waals surface area contributed by atoms with Crippen LogP contribution in [-0.4, -0.2) is 14.9 Å². The Kier molecular flexibility index (Phi) is 3.76. The summed E-state index contributed by atoms with van der Waals surface area (Å²) in [4.78, 5) is 0. The smallest absolute Gasteiger partial charge is 0.0863 e. The van der Waals surface area contributed by atoms with Crippen molar-refractivity contribution in [1.82, 2.24) is 9.78 Å². The average Bonchev–Trinajstić information content (AvgIpc) is 2.72. The Morgan fingerprint density at radius 3 is 2.42 bits per heavy atom. The molecule has 19 heavy (non-hydrogen) atoms. The van der Waals surface area contributed by atoms with E-state index in [1.165, 1.54) is 0 Å². The summed E-state index contributed by atoms with van der Waals surface area (Å²) in [6, 6.07) is 10.1. The summed E-state index contributed by atoms with van der Waals surface area (Å²) in [7, 11) is 1.90. The maximum Gasteiger partial charge on any atom is 0.0863 e. The molecule has 1 N–H and O–H groups in total. The summed E-state index contributed by atoms with van der Waals surface area (Å²) in [5.41, 5.74) is 2.98. The normalized spacial score (nSPS) is 13.5. The zero-order valence-electron chi connectivity index (χ0n) is 12.1. The van der Waals surface area contributed by atoms with Crippen LogP contribution in [0, 0.1) is 0 Å². The Labute approximate surface area is 114 Å². The molecule has 1 aromatic carbocycles. The third kappa shape index (κ3) is 3.24. The number of hydrogen-bond donors (Lipinski definition) is 1. The molecule has 1 heterocycles. The third-order valence-corrected chi connectivity index (χ3v) is 3.20. The lowest BCUT2D eigenvalue weighted by molar-refractivity contribution is 0.176. The number of benzene rings is 1. The lowest BCUT2D eigenvalue weighted by atomic mass is 9.87. The van der Waals surface area contributed by atoms with Crippen LogP contribution in [0.25, 0.3) is 0 Å². The van der Waals surface area contributed by atoms with Crippen molar-refractivity contribution in [3.8, 4) is 0 Å². The fourth-order valence-electron chi connectivity index (χ4n) is 2.28. The van der Waals surface area contributed by atoms with Crippen LogP contribution < -0.4 is 0 Å². The number of nitrogens with zero attached hydrogens (tertiary/aromatic N) is 2. The molecule has 0 saturated heterocycles. The molecular formula is C16H22N2O. The second-order valence-corrected chi connectivity index (χ2v) is 6.06. The minimum absolute atomic E-state index is 0.0612. The molecule has 0 amide bonds. The first kappa shape index (κ1) is 13.8. The van der Waals surface area contributed by atoms with Gasteiger partial charge in [0, 0.05) is 30.6 Å². The molecule has 1 unspecified atom stereocenters. The minimum Gasteiger partial charge on any atom is -0.388 e. The van der Waals surface area contributed by atoms with Gasteiger partial charge in [-0.15, -0.1) is 0 Å². The molecule has 1 aromatic heterocycles. The van der Waals surface area contributed by atoms with Gasteiger partial charge in [0.1, 0.15) is 0 Å². The first-order chi connectivity index (χ1) is 8.88. The number of aliphatic hydroxyl groups excluding tert-OH is 1. The highest BCUT2D eigenvalue weighted by Gasteiger charge is 2.25. The number of aromatic nitrogens is 2. The fourth-order valence-corrected chi connectivity index (χ4v) is 2.28. The predicted octanol–water partition coefficient (Wildman–Crippen LogP) is 2.99. The molecule has 3 nitrogen and oxygen atoms in total. The molecule has 0 aliphatic rings. The topological polar surface area (TPSA) is 38.0 Å². The van der Waals surface area contributed by atoms with E-state index in [9.17, 15) is 5.11 Å². The Morgan fingerprint density at radius 1 is 1.21 bits per heavy atom. The van der Waals surface area contributed by atoms with Crippen LogP contribution in [0.15, 0.2) is 36.5 Å². The van der Waals surface area contributed by atoms with Gasteiger partial charge in [-0.2, -0.15) is 5.10 Å². The summed E-state index contributed by atoms with van der Waals surface area (Å²) in [6.07, 6.45) is 2.04. The molecule has 0 aliphatic heterocycles. The van der Waals surface area contributed by atoms with Crippen LogP contribution in [0.5, 0.6) is 0 Å². The Bertz CT molecular complexity index is 538. The monoisotopic (exact) mass is 258 g/mol. The molecule has 2 aromatic rings. The van der Waals surface area contributed by atoms with Gasteiger partial charge in [0.15, 0.2) is 0 Å². The van der Waals surface area contributed by atoms with Crippen molar-refractivity contribution >= 4 is 0 Å². The Morgan fingerprint density at radius 2 is 1.84 bits per heavy atom. The SMILES string of the molecule is Cn1cc(C(O)Cc2ccccc2)c(C(C)(C)C)n1. The van der Waals surface area contributed by atoms with Gasteiger partial charge < -0.3 is 5.11 Å². The fraction of sp³-hybridized carbons (Fsp3) is 0.438. The zero-order chi connectivity index (χ0) is 14.0. The highest BCUT2D eigenvalue weighted by atomic mass is 16.3. The molecule has 102 valence electrons. The van der Waals surface area contributed by atoms with Gasteiger partial charge >= 0.3 is 0 Å². The van der Waals surface area contributed by atoms with Crippen molar-refractivity contribution in [3.05, 3.63) is 53.3 Å². The van der Waals surface area contributed by atoms with Crippen molar-refractivity contribution in [2.45, 2.75) is 38.7 Å². The summed E-state index contributed by atoms with van der Waals surface area (Å²) < 4.78 is 1.78. The van der Waals surface area contributed by atoms with E-state index in [4.69, 9.17) is 0 Å². The summed E-state index contributed by atoms with van der Waals surface area (Å²) in [5, 5.41) is 15.0. The molecule has 0 aliphatic carbocycles. The lowest BCUT2D eigenvalue weighted by Crippen LogP contribution is -2.17. The maximum atomic E-state index is 10.5. The molecule has 0 saturated carbocycles. The van der Waals surface area contributed by atoms with E-state index in [1.54, 1.807) is 4.68 Å². The Balaban J connectivity index is 2.27. The van der Waals surface area contributed by atoms with E-state index in [0.29, 0.717) is 6.42 Å². The number of aliphatic hydroxyl groups is 1. The van der Waals surface area contributed by atoms with Gasteiger partial charge in [0.25, 0.3) is 0 Å². The van der Waals surface area contributed by atoms with Crippen molar-refractivity contribution in [3.63, 3.8) is 0 Å². The first-order valence-corrected chi connectivity index (χ1v) is 6.64. The van der Waals surface area contributed by atoms with Crippen LogP contribution >= 0.6 is 0 Å². The highest BCUT2D eigenvalue weighted by molar-refractivity contribution is 5.28. The summed E-state index contributed by atoms with van der Waals surface area (Å²) in [6.45, 7) is 6.36.